The highest BCUT2D eigenvalue weighted by Gasteiger charge is 2.26. The fourth-order valence-electron chi connectivity index (χ4n) is 3.49. The van der Waals surface area contributed by atoms with Crippen LogP contribution in [0.5, 0.6) is 5.88 Å². The summed E-state index contributed by atoms with van der Waals surface area (Å²) in [6.45, 7) is 4.84. The van der Waals surface area contributed by atoms with Crippen LogP contribution in [-0.4, -0.2) is 40.7 Å². The highest BCUT2D eigenvalue weighted by atomic mass is 19.1. The van der Waals surface area contributed by atoms with Gasteiger partial charge in [-0.2, -0.15) is 4.98 Å². The summed E-state index contributed by atoms with van der Waals surface area (Å²) in [7, 11) is 0. The molecule has 0 bridgehead atoms. The van der Waals surface area contributed by atoms with Gasteiger partial charge >= 0.3 is 5.97 Å². The van der Waals surface area contributed by atoms with Gasteiger partial charge in [-0.1, -0.05) is 0 Å². The Labute approximate surface area is 162 Å². The molecule has 1 aromatic carbocycles. The van der Waals surface area contributed by atoms with Crippen molar-refractivity contribution in [1.82, 2.24) is 9.97 Å². The van der Waals surface area contributed by atoms with Gasteiger partial charge in [0, 0.05) is 36.8 Å². The van der Waals surface area contributed by atoms with E-state index in [-0.39, 0.29) is 29.4 Å². The molecule has 1 N–H and O–H groups in total. The molecular weight excluding hydrogens is 368 g/mol. The first-order valence-corrected chi connectivity index (χ1v) is 9.32. The van der Waals surface area contributed by atoms with E-state index in [0.29, 0.717) is 44.1 Å². The van der Waals surface area contributed by atoms with Crippen LogP contribution in [0.25, 0.3) is 11.4 Å². The van der Waals surface area contributed by atoms with E-state index < -0.39 is 17.6 Å². The second-order valence-corrected chi connectivity index (χ2v) is 6.92. The number of halogens is 2. The number of nitrogens with zero attached hydrogens (tertiary/aromatic N) is 3. The van der Waals surface area contributed by atoms with Gasteiger partial charge in [0.25, 0.3) is 0 Å². The molecule has 6 nitrogen and oxygen atoms in total. The molecule has 0 unspecified atom stereocenters. The SMILES string of the molecule is CCOc1cc(C)nc(-c2cc(F)c(N3CCC(CC(=O)O)CC3)c(F)c2)n1. The number of benzene rings is 1. The molecular formula is C20H23F2N3O3. The normalized spacial score (nSPS) is 14.9. The van der Waals surface area contributed by atoms with E-state index in [4.69, 9.17) is 9.84 Å². The van der Waals surface area contributed by atoms with Crippen LogP contribution in [0.4, 0.5) is 14.5 Å². The van der Waals surface area contributed by atoms with Crippen molar-refractivity contribution in [3.8, 4) is 17.3 Å². The molecule has 1 fully saturated rings. The lowest BCUT2D eigenvalue weighted by molar-refractivity contribution is -0.138. The molecule has 0 amide bonds. The number of aromatic nitrogens is 2. The van der Waals surface area contributed by atoms with Gasteiger partial charge in [-0.15, -0.1) is 0 Å². The Hall–Kier alpha value is -2.77. The molecule has 3 rings (SSSR count). The van der Waals surface area contributed by atoms with Gasteiger partial charge in [-0.05, 0) is 44.7 Å². The maximum absolute atomic E-state index is 14.8. The Morgan fingerprint density at radius 3 is 2.43 bits per heavy atom. The lowest BCUT2D eigenvalue weighted by Gasteiger charge is -2.33. The zero-order valence-electron chi connectivity index (χ0n) is 15.9. The van der Waals surface area contributed by atoms with Crippen LogP contribution in [0.1, 0.15) is 31.9 Å². The first kappa shape index (κ1) is 20.0. The van der Waals surface area contributed by atoms with E-state index in [9.17, 15) is 13.6 Å². The molecule has 28 heavy (non-hydrogen) atoms. The predicted octanol–water partition coefficient (Wildman–Crippen LogP) is 3.82. The molecule has 8 heteroatoms. The molecule has 2 aromatic rings. The summed E-state index contributed by atoms with van der Waals surface area (Å²) in [5, 5.41) is 8.89. The number of carboxylic acid groups (broad SMARTS) is 1. The van der Waals surface area contributed by atoms with E-state index in [1.165, 1.54) is 12.1 Å². The van der Waals surface area contributed by atoms with Crippen LogP contribution in [0.15, 0.2) is 18.2 Å². The minimum Gasteiger partial charge on any atom is -0.481 e. The summed E-state index contributed by atoms with van der Waals surface area (Å²) in [5.41, 5.74) is 0.790. The number of carbonyl (C=O) groups is 1. The first-order chi connectivity index (χ1) is 13.4. The van der Waals surface area contributed by atoms with Crippen LogP contribution < -0.4 is 9.64 Å². The number of anilines is 1. The standard InChI is InChI=1S/C20H23F2N3O3/c1-3-28-17-8-12(2)23-20(24-17)14-10-15(21)19(16(22)11-14)25-6-4-13(5-7-25)9-18(26)27/h8,10-11,13H,3-7,9H2,1-2H3,(H,26,27). The van der Waals surface area contributed by atoms with Gasteiger partial charge in [0.1, 0.15) is 17.3 Å². The average Bonchev–Trinajstić information content (AvgIpc) is 2.62. The van der Waals surface area contributed by atoms with Crippen LogP contribution in [0.2, 0.25) is 0 Å². The smallest absolute Gasteiger partial charge is 0.303 e. The Morgan fingerprint density at radius 1 is 1.21 bits per heavy atom. The van der Waals surface area contributed by atoms with Crippen molar-refractivity contribution in [2.45, 2.75) is 33.1 Å². The maximum atomic E-state index is 14.8. The second-order valence-electron chi connectivity index (χ2n) is 6.92. The van der Waals surface area contributed by atoms with Crippen LogP contribution in [0.3, 0.4) is 0 Å². The largest absolute Gasteiger partial charge is 0.481 e. The van der Waals surface area contributed by atoms with Crippen molar-refractivity contribution in [3.63, 3.8) is 0 Å². The number of aliphatic carboxylic acids is 1. The lowest BCUT2D eigenvalue weighted by Crippen LogP contribution is -2.35. The monoisotopic (exact) mass is 391 g/mol. The van der Waals surface area contributed by atoms with E-state index in [1.54, 1.807) is 17.9 Å². The summed E-state index contributed by atoms with van der Waals surface area (Å²) >= 11 is 0. The van der Waals surface area contributed by atoms with Crippen molar-refractivity contribution < 1.29 is 23.4 Å². The molecule has 2 heterocycles. The number of rotatable bonds is 6. The fraction of sp³-hybridized carbons (Fsp3) is 0.450. The van der Waals surface area contributed by atoms with Crippen molar-refractivity contribution in [2.75, 3.05) is 24.6 Å². The number of piperidine rings is 1. The van der Waals surface area contributed by atoms with Gasteiger partial charge in [0.05, 0.1) is 6.61 Å². The lowest BCUT2D eigenvalue weighted by atomic mass is 9.93. The predicted molar refractivity (Wildman–Crippen MR) is 100 cm³/mol. The van der Waals surface area contributed by atoms with E-state index >= 15 is 0 Å². The van der Waals surface area contributed by atoms with Crippen molar-refractivity contribution in [3.05, 3.63) is 35.5 Å². The Balaban J connectivity index is 1.83. The summed E-state index contributed by atoms with van der Waals surface area (Å²) in [4.78, 5) is 20.9. The number of hydrogen-bond donors (Lipinski definition) is 1. The van der Waals surface area contributed by atoms with Gasteiger partial charge in [0.15, 0.2) is 5.82 Å². The molecule has 1 aromatic heterocycles. The van der Waals surface area contributed by atoms with Crippen molar-refractivity contribution in [1.29, 1.82) is 0 Å². The molecule has 0 saturated carbocycles. The fourth-order valence-corrected chi connectivity index (χ4v) is 3.49. The average molecular weight is 391 g/mol. The summed E-state index contributed by atoms with van der Waals surface area (Å²) in [6, 6.07) is 4.12. The quantitative estimate of drug-likeness (QED) is 0.807. The van der Waals surface area contributed by atoms with Gasteiger partial charge in [-0.25, -0.2) is 13.8 Å². The summed E-state index contributed by atoms with van der Waals surface area (Å²) in [5.74, 6) is -1.62. The molecule has 1 aliphatic rings. The third-order valence-corrected chi connectivity index (χ3v) is 4.79. The van der Waals surface area contributed by atoms with Crippen molar-refractivity contribution in [2.24, 2.45) is 5.92 Å². The summed E-state index contributed by atoms with van der Waals surface area (Å²) < 4.78 is 34.9. The first-order valence-electron chi connectivity index (χ1n) is 9.32. The van der Waals surface area contributed by atoms with Crippen LogP contribution >= 0.6 is 0 Å². The molecule has 1 aliphatic heterocycles. The van der Waals surface area contributed by atoms with Crippen molar-refractivity contribution >= 4 is 11.7 Å². The topological polar surface area (TPSA) is 75.5 Å². The Morgan fingerprint density at radius 2 is 1.86 bits per heavy atom. The van der Waals surface area contributed by atoms with Crippen LogP contribution in [0, 0.1) is 24.5 Å². The molecule has 1 saturated heterocycles. The molecule has 0 atom stereocenters. The highest BCUT2D eigenvalue weighted by molar-refractivity contribution is 5.67. The molecule has 0 radical (unpaired) electrons. The molecule has 0 aliphatic carbocycles. The van der Waals surface area contributed by atoms with E-state index in [2.05, 4.69) is 9.97 Å². The van der Waals surface area contributed by atoms with Gasteiger partial charge in [-0.3, -0.25) is 4.79 Å². The number of ether oxygens (including phenoxy) is 1. The minimum atomic E-state index is -0.843. The zero-order chi connectivity index (χ0) is 20.3. The Kier molecular flexibility index (Phi) is 6.06. The second kappa shape index (κ2) is 8.50. The molecule has 150 valence electrons. The van der Waals surface area contributed by atoms with Gasteiger partial charge < -0.3 is 14.7 Å². The third kappa shape index (κ3) is 4.55. The maximum Gasteiger partial charge on any atom is 0.303 e. The molecule has 0 spiro atoms. The minimum absolute atomic E-state index is 0.0387. The Bertz CT molecular complexity index is 845. The third-order valence-electron chi connectivity index (χ3n) is 4.79. The van der Waals surface area contributed by atoms with Gasteiger partial charge in [0.2, 0.25) is 5.88 Å². The number of aryl methyl sites for hydroxylation is 1. The van der Waals surface area contributed by atoms with Crippen LogP contribution in [-0.2, 0) is 4.79 Å². The van der Waals surface area contributed by atoms with E-state index in [0.717, 1.165) is 0 Å². The number of hydrogen-bond acceptors (Lipinski definition) is 5. The summed E-state index contributed by atoms with van der Waals surface area (Å²) in [6.07, 6.45) is 1.27. The zero-order valence-corrected chi connectivity index (χ0v) is 15.9. The number of carboxylic acids is 1. The van der Waals surface area contributed by atoms with E-state index in [1.807, 2.05) is 6.92 Å². The highest BCUT2D eigenvalue weighted by Crippen LogP contribution is 2.32.